The van der Waals surface area contributed by atoms with Crippen LogP contribution in [0.1, 0.15) is 27.2 Å². The molecule has 1 saturated heterocycles. The molecule has 0 amide bonds. The SMILES string of the molecule is CC.CNC1CC(C)N(C)C1. The van der Waals surface area contributed by atoms with Crippen LogP contribution in [-0.4, -0.2) is 37.6 Å². The summed E-state index contributed by atoms with van der Waals surface area (Å²) in [5, 5.41) is 3.28. The van der Waals surface area contributed by atoms with Crippen molar-refractivity contribution in [3.8, 4) is 0 Å². The second-order valence-electron chi connectivity index (χ2n) is 3.01. The molecule has 1 fully saturated rings. The molecule has 1 rings (SSSR count). The Morgan fingerprint density at radius 1 is 1.36 bits per heavy atom. The predicted octanol–water partition coefficient (Wildman–Crippen LogP) is 1.32. The van der Waals surface area contributed by atoms with Crippen LogP contribution in [0.25, 0.3) is 0 Å². The van der Waals surface area contributed by atoms with Gasteiger partial charge in [-0.25, -0.2) is 0 Å². The van der Waals surface area contributed by atoms with Crippen LogP contribution in [-0.2, 0) is 0 Å². The number of likely N-dealkylation sites (N-methyl/N-ethyl adjacent to an activating group) is 2. The van der Waals surface area contributed by atoms with Crippen LogP contribution in [0.4, 0.5) is 0 Å². The van der Waals surface area contributed by atoms with Crippen LogP contribution in [0, 0.1) is 0 Å². The predicted molar refractivity (Wildman–Crippen MR) is 50.9 cm³/mol. The van der Waals surface area contributed by atoms with E-state index in [-0.39, 0.29) is 0 Å². The fraction of sp³-hybridized carbons (Fsp3) is 1.00. The minimum atomic E-state index is 0.727. The molecule has 1 aliphatic rings. The van der Waals surface area contributed by atoms with Gasteiger partial charge < -0.3 is 10.2 Å². The van der Waals surface area contributed by atoms with E-state index in [1.165, 1.54) is 13.0 Å². The van der Waals surface area contributed by atoms with E-state index in [9.17, 15) is 0 Å². The summed E-state index contributed by atoms with van der Waals surface area (Å²) >= 11 is 0. The lowest BCUT2D eigenvalue weighted by Crippen LogP contribution is -2.28. The molecule has 1 N–H and O–H groups in total. The molecular weight excluding hydrogens is 136 g/mol. The lowest BCUT2D eigenvalue weighted by Gasteiger charge is -2.12. The molecule has 0 aromatic carbocycles. The van der Waals surface area contributed by atoms with Crippen molar-refractivity contribution in [3.05, 3.63) is 0 Å². The first-order chi connectivity index (χ1) is 5.24. The largest absolute Gasteiger partial charge is 0.316 e. The molecule has 1 heterocycles. The topological polar surface area (TPSA) is 15.3 Å². The summed E-state index contributed by atoms with van der Waals surface area (Å²) in [4.78, 5) is 2.39. The molecule has 0 spiro atoms. The average Bonchev–Trinajstić information content (AvgIpc) is 2.36. The quantitative estimate of drug-likeness (QED) is 0.619. The summed E-state index contributed by atoms with van der Waals surface area (Å²) in [6.07, 6.45) is 1.30. The van der Waals surface area contributed by atoms with Crippen LogP contribution in [0.3, 0.4) is 0 Å². The Morgan fingerprint density at radius 2 is 1.91 bits per heavy atom. The summed E-state index contributed by atoms with van der Waals surface area (Å²) < 4.78 is 0. The molecule has 0 aromatic heterocycles. The van der Waals surface area contributed by atoms with Gasteiger partial charge in [0.1, 0.15) is 0 Å². The second kappa shape index (κ2) is 5.56. The zero-order valence-corrected chi connectivity index (χ0v) is 8.52. The number of hydrogen-bond acceptors (Lipinski definition) is 2. The molecule has 11 heavy (non-hydrogen) atoms. The molecule has 1 aliphatic heterocycles. The van der Waals surface area contributed by atoms with Crippen molar-refractivity contribution >= 4 is 0 Å². The van der Waals surface area contributed by atoms with Crippen LogP contribution in [0.2, 0.25) is 0 Å². The molecule has 0 radical (unpaired) electrons. The first kappa shape index (κ1) is 10.9. The summed E-state index contributed by atoms with van der Waals surface area (Å²) in [7, 11) is 4.22. The highest BCUT2D eigenvalue weighted by molar-refractivity contribution is 4.83. The number of hydrogen-bond donors (Lipinski definition) is 1. The molecule has 0 aliphatic carbocycles. The van der Waals surface area contributed by atoms with E-state index >= 15 is 0 Å². The number of rotatable bonds is 1. The molecule has 2 unspecified atom stereocenters. The second-order valence-corrected chi connectivity index (χ2v) is 3.01. The maximum absolute atomic E-state index is 3.28. The third kappa shape index (κ3) is 3.21. The maximum Gasteiger partial charge on any atom is 0.0206 e. The molecule has 0 saturated carbocycles. The highest BCUT2D eigenvalue weighted by atomic mass is 15.2. The lowest BCUT2D eigenvalue weighted by atomic mass is 10.2. The first-order valence-electron chi connectivity index (χ1n) is 4.61. The van der Waals surface area contributed by atoms with Gasteiger partial charge in [0, 0.05) is 18.6 Å². The van der Waals surface area contributed by atoms with E-state index < -0.39 is 0 Å². The zero-order valence-electron chi connectivity index (χ0n) is 8.52. The Hall–Kier alpha value is -0.0800. The Morgan fingerprint density at radius 3 is 2.09 bits per heavy atom. The van der Waals surface area contributed by atoms with Crippen molar-refractivity contribution < 1.29 is 0 Å². The molecule has 0 bridgehead atoms. The number of nitrogens with zero attached hydrogens (tertiary/aromatic N) is 1. The fourth-order valence-corrected chi connectivity index (χ4v) is 1.40. The van der Waals surface area contributed by atoms with Crippen LogP contribution in [0.15, 0.2) is 0 Å². The molecule has 2 nitrogen and oxygen atoms in total. The van der Waals surface area contributed by atoms with Gasteiger partial charge in [0.2, 0.25) is 0 Å². The van der Waals surface area contributed by atoms with E-state index in [1.54, 1.807) is 0 Å². The van der Waals surface area contributed by atoms with Crippen molar-refractivity contribution in [2.24, 2.45) is 0 Å². The summed E-state index contributed by atoms with van der Waals surface area (Å²) in [6, 6.07) is 1.49. The molecular formula is C9H22N2. The maximum atomic E-state index is 3.28. The van der Waals surface area contributed by atoms with Gasteiger partial charge in [0.15, 0.2) is 0 Å². The van der Waals surface area contributed by atoms with E-state index in [1.807, 2.05) is 20.9 Å². The van der Waals surface area contributed by atoms with Crippen molar-refractivity contribution in [1.29, 1.82) is 0 Å². The van der Waals surface area contributed by atoms with Crippen LogP contribution < -0.4 is 5.32 Å². The van der Waals surface area contributed by atoms with E-state index in [0.717, 1.165) is 12.1 Å². The Labute approximate surface area is 71.0 Å². The standard InChI is InChI=1S/C7H16N2.C2H6/c1-6-4-7(8-2)5-9(6)3;1-2/h6-8H,4-5H2,1-3H3;1-2H3. The van der Waals surface area contributed by atoms with Gasteiger partial charge in [0.25, 0.3) is 0 Å². The highest BCUT2D eigenvalue weighted by Crippen LogP contribution is 2.13. The molecule has 68 valence electrons. The smallest absolute Gasteiger partial charge is 0.0206 e. The number of likely N-dealkylation sites (tertiary alicyclic amines) is 1. The van der Waals surface area contributed by atoms with Crippen molar-refractivity contribution in [1.82, 2.24) is 10.2 Å². The van der Waals surface area contributed by atoms with Crippen LogP contribution in [0.5, 0.6) is 0 Å². The Bertz CT molecular complexity index is 83.6. The van der Waals surface area contributed by atoms with Gasteiger partial charge in [-0.1, -0.05) is 13.8 Å². The van der Waals surface area contributed by atoms with E-state index in [4.69, 9.17) is 0 Å². The van der Waals surface area contributed by atoms with E-state index in [0.29, 0.717) is 0 Å². The summed E-state index contributed by atoms with van der Waals surface area (Å²) in [5.41, 5.74) is 0. The third-order valence-electron chi connectivity index (χ3n) is 2.29. The van der Waals surface area contributed by atoms with Gasteiger partial charge in [0.05, 0.1) is 0 Å². The third-order valence-corrected chi connectivity index (χ3v) is 2.29. The van der Waals surface area contributed by atoms with Crippen molar-refractivity contribution in [2.45, 2.75) is 39.3 Å². The van der Waals surface area contributed by atoms with Gasteiger partial charge in [-0.3, -0.25) is 0 Å². The van der Waals surface area contributed by atoms with E-state index in [2.05, 4.69) is 24.2 Å². The molecule has 0 aromatic rings. The minimum absolute atomic E-state index is 0.727. The Kier molecular flexibility index (Phi) is 5.51. The number of nitrogens with one attached hydrogen (secondary N) is 1. The lowest BCUT2D eigenvalue weighted by molar-refractivity contribution is 0.327. The normalized spacial score (nSPS) is 31.4. The van der Waals surface area contributed by atoms with Gasteiger partial charge in [-0.05, 0) is 27.4 Å². The first-order valence-corrected chi connectivity index (χ1v) is 4.61. The highest BCUT2D eigenvalue weighted by Gasteiger charge is 2.23. The monoisotopic (exact) mass is 158 g/mol. The minimum Gasteiger partial charge on any atom is -0.316 e. The average molecular weight is 158 g/mol. The van der Waals surface area contributed by atoms with Gasteiger partial charge in [-0.2, -0.15) is 0 Å². The van der Waals surface area contributed by atoms with Crippen molar-refractivity contribution in [2.75, 3.05) is 20.6 Å². The van der Waals surface area contributed by atoms with Gasteiger partial charge in [-0.15, -0.1) is 0 Å². The zero-order chi connectivity index (χ0) is 8.85. The molecule has 2 atom stereocenters. The van der Waals surface area contributed by atoms with Crippen molar-refractivity contribution in [3.63, 3.8) is 0 Å². The molecule has 2 heteroatoms. The van der Waals surface area contributed by atoms with Crippen LogP contribution >= 0.6 is 0 Å². The summed E-state index contributed by atoms with van der Waals surface area (Å²) in [6.45, 7) is 7.48. The Balaban J connectivity index is 0.000000461. The summed E-state index contributed by atoms with van der Waals surface area (Å²) in [5.74, 6) is 0. The fourth-order valence-electron chi connectivity index (χ4n) is 1.40. The van der Waals surface area contributed by atoms with Gasteiger partial charge >= 0.3 is 0 Å².